The van der Waals surface area contributed by atoms with Gasteiger partial charge in [-0.1, -0.05) is 6.92 Å². The van der Waals surface area contributed by atoms with Crippen LogP contribution in [0.4, 0.5) is 5.82 Å². The molecular formula is C20H20N4O4. The molecule has 28 heavy (non-hydrogen) atoms. The molecule has 1 aromatic carbocycles. The van der Waals surface area contributed by atoms with Gasteiger partial charge in [-0.15, -0.1) is 0 Å². The van der Waals surface area contributed by atoms with Crippen molar-refractivity contribution in [1.29, 1.82) is 0 Å². The van der Waals surface area contributed by atoms with E-state index in [-0.39, 0.29) is 5.91 Å². The smallest absolute Gasteiger partial charge is 0.276 e. The molecule has 0 aliphatic rings. The molecule has 0 spiro atoms. The van der Waals surface area contributed by atoms with E-state index in [1.54, 1.807) is 55.0 Å². The highest BCUT2D eigenvalue weighted by Gasteiger charge is 2.12. The van der Waals surface area contributed by atoms with Gasteiger partial charge in [0.1, 0.15) is 17.3 Å². The molecule has 3 N–H and O–H groups in total. The number of hydroxylamine groups is 1. The third kappa shape index (κ3) is 4.41. The molecule has 144 valence electrons. The number of hydrogen-bond acceptors (Lipinski definition) is 6. The van der Waals surface area contributed by atoms with Crippen LogP contribution in [0.3, 0.4) is 0 Å². The number of ether oxygens (including phenoxy) is 1. The predicted octanol–water partition coefficient (Wildman–Crippen LogP) is 3.59. The van der Waals surface area contributed by atoms with Crippen molar-refractivity contribution in [3.05, 3.63) is 53.9 Å². The first-order chi connectivity index (χ1) is 13.5. The molecule has 0 radical (unpaired) electrons. The van der Waals surface area contributed by atoms with Crippen molar-refractivity contribution in [1.82, 2.24) is 15.4 Å². The summed E-state index contributed by atoms with van der Waals surface area (Å²) >= 11 is 0. The summed E-state index contributed by atoms with van der Waals surface area (Å²) in [7, 11) is 0. The summed E-state index contributed by atoms with van der Waals surface area (Å²) in [5, 5.41) is 12.3. The van der Waals surface area contributed by atoms with Crippen LogP contribution in [0.1, 0.15) is 35.8 Å². The number of hydrogen-bond donors (Lipinski definition) is 3. The molecule has 0 fully saturated rings. The molecule has 8 nitrogen and oxygen atoms in total. The van der Waals surface area contributed by atoms with Crippen LogP contribution in [0.2, 0.25) is 0 Å². The molecule has 2 aromatic heterocycles. The maximum absolute atomic E-state index is 11.7. The average molecular weight is 380 g/mol. The lowest BCUT2D eigenvalue weighted by Crippen LogP contribution is -2.20. The molecule has 0 unspecified atom stereocenters. The monoisotopic (exact) mass is 380 g/mol. The zero-order valence-electron chi connectivity index (χ0n) is 15.5. The molecule has 0 atom stereocenters. The van der Waals surface area contributed by atoms with Crippen LogP contribution >= 0.6 is 0 Å². The minimum atomic E-state index is -0.610. The highest BCUT2D eigenvalue weighted by Crippen LogP contribution is 2.27. The maximum atomic E-state index is 11.7. The van der Waals surface area contributed by atoms with Gasteiger partial charge >= 0.3 is 0 Å². The number of pyridine rings is 2. The number of nitrogens with zero attached hydrogens (tertiary/aromatic N) is 2. The molecular weight excluding hydrogens is 360 g/mol. The van der Waals surface area contributed by atoms with E-state index >= 15 is 0 Å². The molecule has 2 heterocycles. The van der Waals surface area contributed by atoms with Crippen molar-refractivity contribution in [3.8, 4) is 11.5 Å². The van der Waals surface area contributed by atoms with Crippen LogP contribution in [0, 0.1) is 6.92 Å². The number of nitrogens with one attached hydrogen (secondary N) is 2. The van der Waals surface area contributed by atoms with Gasteiger partial charge in [0.2, 0.25) is 5.91 Å². The number of carbonyl (C=O) groups excluding carboxylic acids is 2. The molecule has 0 aliphatic heterocycles. The lowest BCUT2D eigenvalue weighted by atomic mass is 10.1. The Morgan fingerprint density at radius 3 is 2.68 bits per heavy atom. The van der Waals surface area contributed by atoms with Crippen LogP contribution in [0.25, 0.3) is 10.9 Å². The Morgan fingerprint density at radius 1 is 1.14 bits per heavy atom. The third-order valence-electron chi connectivity index (χ3n) is 4.04. The highest BCUT2D eigenvalue weighted by molar-refractivity contribution is 5.98. The molecule has 2 amide bonds. The van der Waals surface area contributed by atoms with Gasteiger partial charge in [-0.05, 0) is 37.6 Å². The molecule has 3 rings (SSSR count). The van der Waals surface area contributed by atoms with E-state index in [0.29, 0.717) is 40.5 Å². The van der Waals surface area contributed by atoms with Crippen LogP contribution in [-0.2, 0) is 4.79 Å². The second-order valence-electron chi connectivity index (χ2n) is 6.19. The first-order valence-electron chi connectivity index (χ1n) is 8.79. The van der Waals surface area contributed by atoms with Gasteiger partial charge in [0.05, 0.1) is 16.8 Å². The number of carbonyl (C=O) groups is 2. The summed E-state index contributed by atoms with van der Waals surface area (Å²) in [6.45, 7) is 3.62. The zero-order valence-corrected chi connectivity index (χ0v) is 15.5. The first kappa shape index (κ1) is 19.2. The van der Waals surface area contributed by atoms with E-state index in [1.807, 2.05) is 6.92 Å². The number of aromatic nitrogens is 2. The Hall–Kier alpha value is -3.52. The SMILES string of the molecule is CCCC(=O)Nc1cc(Oc2ccc3cc(C(=O)NO)c(C)nc3c2)ccn1. The average Bonchev–Trinajstić information content (AvgIpc) is 2.67. The minimum absolute atomic E-state index is 0.0970. The second kappa shape index (κ2) is 8.45. The summed E-state index contributed by atoms with van der Waals surface area (Å²) in [4.78, 5) is 31.9. The third-order valence-corrected chi connectivity index (χ3v) is 4.04. The van der Waals surface area contributed by atoms with Gasteiger partial charge in [0, 0.05) is 30.1 Å². The van der Waals surface area contributed by atoms with Gasteiger partial charge in [-0.25, -0.2) is 10.5 Å². The van der Waals surface area contributed by atoms with Gasteiger partial charge in [-0.2, -0.15) is 0 Å². The summed E-state index contributed by atoms with van der Waals surface area (Å²) in [5.74, 6) is 0.789. The fourth-order valence-corrected chi connectivity index (χ4v) is 2.71. The zero-order chi connectivity index (χ0) is 20.1. The van der Waals surface area contributed by atoms with Crippen LogP contribution < -0.4 is 15.5 Å². The van der Waals surface area contributed by atoms with E-state index in [9.17, 15) is 9.59 Å². The fourth-order valence-electron chi connectivity index (χ4n) is 2.71. The number of aryl methyl sites for hydroxylation is 1. The number of amides is 2. The van der Waals surface area contributed by atoms with Crippen molar-refractivity contribution >= 4 is 28.5 Å². The second-order valence-corrected chi connectivity index (χ2v) is 6.19. The van der Waals surface area contributed by atoms with E-state index in [4.69, 9.17) is 9.94 Å². The standard InChI is InChI=1S/C20H20N4O4/c1-3-4-19(25)23-18-11-15(7-8-21-18)28-14-6-5-13-9-16(20(26)24-27)12(2)22-17(13)10-14/h5-11,27H,3-4H2,1-2H3,(H,24,26)(H,21,23,25). The number of anilines is 1. The lowest BCUT2D eigenvalue weighted by molar-refractivity contribution is -0.116. The van der Waals surface area contributed by atoms with E-state index < -0.39 is 5.91 Å². The fraction of sp³-hybridized carbons (Fsp3) is 0.200. The molecule has 0 bridgehead atoms. The summed E-state index contributed by atoms with van der Waals surface area (Å²) < 4.78 is 5.86. The number of benzene rings is 1. The Labute approximate surface area is 161 Å². The van der Waals surface area contributed by atoms with Crippen LogP contribution in [0.5, 0.6) is 11.5 Å². The summed E-state index contributed by atoms with van der Waals surface area (Å²) in [5.41, 5.74) is 3.05. The van der Waals surface area contributed by atoms with E-state index in [1.165, 1.54) is 0 Å². The highest BCUT2D eigenvalue weighted by atomic mass is 16.5. The minimum Gasteiger partial charge on any atom is -0.457 e. The van der Waals surface area contributed by atoms with Gasteiger partial charge in [-0.3, -0.25) is 19.8 Å². The summed E-state index contributed by atoms with van der Waals surface area (Å²) in [6.07, 6.45) is 2.74. The normalized spacial score (nSPS) is 10.5. The van der Waals surface area contributed by atoms with E-state index in [2.05, 4.69) is 15.3 Å². The molecule has 0 saturated carbocycles. The topological polar surface area (TPSA) is 113 Å². The number of rotatable bonds is 6. The molecule has 3 aromatic rings. The van der Waals surface area contributed by atoms with Crippen molar-refractivity contribution in [3.63, 3.8) is 0 Å². The van der Waals surface area contributed by atoms with Crippen LogP contribution in [0.15, 0.2) is 42.6 Å². The lowest BCUT2D eigenvalue weighted by Gasteiger charge is -2.10. The Morgan fingerprint density at radius 2 is 1.93 bits per heavy atom. The number of fused-ring (bicyclic) bond motifs is 1. The summed E-state index contributed by atoms with van der Waals surface area (Å²) in [6, 6.07) is 10.3. The van der Waals surface area contributed by atoms with Crippen molar-refractivity contribution < 1.29 is 19.5 Å². The van der Waals surface area contributed by atoms with Crippen molar-refractivity contribution in [2.24, 2.45) is 0 Å². The quantitative estimate of drug-likeness (QED) is 0.445. The van der Waals surface area contributed by atoms with Gasteiger partial charge in [0.15, 0.2) is 0 Å². The first-order valence-corrected chi connectivity index (χ1v) is 8.79. The van der Waals surface area contributed by atoms with Gasteiger partial charge in [0.25, 0.3) is 5.91 Å². The predicted molar refractivity (Wildman–Crippen MR) is 104 cm³/mol. The maximum Gasteiger partial charge on any atom is 0.276 e. The van der Waals surface area contributed by atoms with Gasteiger partial charge < -0.3 is 10.1 Å². The van der Waals surface area contributed by atoms with Crippen molar-refractivity contribution in [2.45, 2.75) is 26.7 Å². The Balaban J connectivity index is 1.83. The molecule has 0 aliphatic carbocycles. The molecule has 8 heteroatoms. The van der Waals surface area contributed by atoms with Crippen LogP contribution in [-0.4, -0.2) is 27.0 Å². The largest absolute Gasteiger partial charge is 0.457 e. The Bertz CT molecular complexity index is 1040. The Kier molecular flexibility index (Phi) is 5.81. The van der Waals surface area contributed by atoms with E-state index in [0.717, 1.165) is 11.8 Å². The van der Waals surface area contributed by atoms with Crippen molar-refractivity contribution in [2.75, 3.05) is 5.32 Å². The molecule has 0 saturated heterocycles.